The van der Waals surface area contributed by atoms with E-state index in [1.54, 1.807) is 12.1 Å². The number of hydrogen-bond acceptors (Lipinski definition) is 1. The smallest absolute Gasteiger partial charge is 0.136 e. The highest BCUT2D eigenvalue weighted by molar-refractivity contribution is 6.05. The van der Waals surface area contributed by atoms with Gasteiger partial charge in [0.15, 0.2) is 0 Å². The van der Waals surface area contributed by atoms with Gasteiger partial charge in [0.1, 0.15) is 11.2 Å². The first-order valence-electron chi connectivity index (χ1n) is 8.47. The van der Waals surface area contributed by atoms with Gasteiger partial charge >= 0.3 is 0 Å². The fourth-order valence-electron chi connectivity index (χ4n) is 2.28. The molecule has 19 heavy (non-hydrogen) atoms. The Bertz CT molecular complexity index is 1080. The van der Waals surface area contributed by atoms with E-state index in [0.717, 1.165) is 16.4 Å². The van der Waals surface area contributed by atoms with E-state index in [1.807, 2.05) is 30.3 Å². The minimum absolute atomic E-state index is 0.184. The van der Waals surface area contributed by atoms with E-state index in [0.29, 0.717) is 11.1 Å². The Morgan fingerprint density at radius 2 is 1.53 bits per heavy atom. The molecule has 0 atom stereocenters. The number of benzene rings is 3. The van der Waals surface area contributed by atoms with Crippen LogP contribution in [-0.2, 0) is 0 Å². The van der Waals surface area contributed by atoms with Crippen LogP contribution in [0.15, 0.2) is 77.1 Å². The second-order valence-electron chi connectivity index (χ2n) is 4.31. The lowest BCUT2D eigenvalue weighted by Crippen LogP contribution is -1.76. The quantitative estimate of drug-likeness (QED) is 0.449. The first-order valence-corrected chi connectivity index (χ1v) is 5.97. The summed E-state index contributed by atoms with van der Waals surface area (Å²) in [5.41, 5.74) is 2.10. The Morgan fingerprint density at radius 1 is 0.737 bits per heavy atom. The third kappa shape index (κ3) is 1.63. The van der Waals surface area contributed by atoms with Gasteiger partial charge in [0.2, 0.25) is 0 Å². The summed E-state index contributed by atoms with van der Waals surface area (Å²) < 4.78 is 45.3. The van der Waals surface area contributed by atoms with Crippen LogP contribution in [0.4, 0.5) is 0 Å². The molecule has 1 aromatic heterocycles. The molecule has 3 aromatic carbocycles. The number of fused-ring (bicyclic) bond motifs is 3. The lowest BCUT2D eigenvalue weighted by Gasteiger charge is -2.00. The van der Waals surface area contributed by atoms with Crippen LogP contribution < -0.4 is 0 Å². The van der Waals surface area contributed by atoms with Gasteiger partial charge in [-0.2, -0.15) is 0 Å². The van der Waals surface area contributed by atoms with Crippen LogP contribution in [-0.4, -0.2) is 0 Å². The van der Waals surface area contributed by atoms with E-state index in [9.17, 15) is 0 Å². The van der Waals surface area contributed by atoms with Gasteiger partial charge < -0.3 is 4.42 Å². The molecule has 0 aliphatic rings. The monoisotopic (exact) mass is 249 g/mol. The average molecular weight is 249 g/mol. The number of hydrogen-bond donors (Lipinski definition) is 0. The molecule has 0 N–H and O–H groups in total. The maximum Gasteiger partial charge on any atom is 0.136 e. The first kappa shape index (κ1) is 6.58. The van der Waals surface area contributed by atoms with Gasteiger partial charge in [0.25, 0.3) is 0 Å². The number of rotatable bonds is 1. The summed E-state index contributed by atoms with van der Waals surface area (Å²) in [5.74, 6) is 0. The molecule has 1 heterocycles. The Balaban J connectivity index is 2.03. The largest absolute Gasteiger partial charge is 0.456 e. The fourth-order valence-corrected chi connectivity index (χ4v) is 2.28. The zero-order valence-corrected chi connectivity index (χ0v) is 9.95. The third-order valence-corrected chi connectivity index (χ3v) is 3.17. The topological polar surface area (TPSA) is 13.1 Å². The van der Waals surface area contributed by atoms with E-state index in [-0.39, 0.29) is 29.7 Å². The molecule has 0 aliphatic carbocycles. The molecule has 4 rings (SSSR count). The Labute approximate surface area is 118 Å². The molecule has 0 fully saturated rings. The molecule has 0 saturated heterocycles. The molecule has 0 unspecified atom stereocenters. The van der Waals surface area contributed by atoms with Gasteiger partial charge in [-0.05, 0) is 29.3 Å². The van der Waals surface area contributed by atoms with Crippen molar-refractivity contribution in [3.8, 4) is 11.1 Å². The fraction of sp³-hybridized carbons (Fsp3) is 0. The molecule has 1 heteroatoms. The normalized spacial score (nSPS) is 14.8. The molecule has 0 aliphatic heterocycles. The second kappa shape index (κ2) is 3.99. The van der Waals surface area contributed by atoms with E-state index in [1.165, 1.54) is 0 Å². The van der Waals surface area contributed by atoms with Crippen LogP contribution in [0.1, 0.15) is 6.85 Å². The van der Waals surface area contributed by atoms with Gasteiger partial charge in [0.05, 0.1) is 6.85 Å². The number of furan rings is 1. The number of para-hydroxylation sites is 1. The van der Waals surface area contributed by atoms with Gasteiger partial charge in [-0.1, -0.05) is 54.5 Å². The summed E-state index contributed by atoms with van der Waals surface area (Å²) in [4.78, 5) is 0. The van der Waals surface area contributed by atoms with Crippen LogP contribution >= 0.6 is 0 Å². The predicted molar refractivity (Wildman–Crippen MR) is 79.2 cm³/mol. The van der Waals surface area contributed by atoms with Crippen LogP contribution in [0.2, 0.25) is 0 Å². The van der Waals surface area contributed by atoms with Crippen LogP contribution in [0.5, 0.6) is 0 Å². The Kier molecular flexibility index (Phi) is 1.38. The Hall–Kier alpha value is -2.54. The minimum atomic E-state index is -0.390. The summed E-state index contributed by atoms with van der Waals surface area (Å²) in [5, 5.41) is 1.92. The molecule has 0 radical (unpaired) electrons. The van der Waals surface area contributed by atoms with Crippen molar-refractivity contribution in [1.82, 2.24) is 0 Å². The first-order chi connectivity index (χ1) is 11.5. The summed E-state index contributed by atoms with van der Waals surface area (Å²) in [6.07, 6.45) is 0. The SMILES string of the molecule is [2H]c1c([2H])c([2H])c(-c2ccc3c(c2)oc2ccccc23)c([2H])c1[2H]. The lowest BCUT2D eigenvalue weighted by molar-refractivity contribution is 0.669. The van der Waals surface area contributed by atoms with Crippen molar-refractivity contribution >= 4 is 21.9 Å². The van der Waals surface area contributed by atoms with Crippen LogP contribution in [0, 0.1) is 0 Å². The maximum atomic E-state index is 8.09. The Morgan fingerprint density at radius 3 is 2.42 bits per heavy atom. The van der Waals surface area contributed by atoms with Crippen molar-refractivity contribution in [3.63, 3.8) is 0 Å². The third-order valence-electron chi connectivity index (χ3n) is 3.17. The van der Waals surface area contributed by atoms with Crippen LogP contribution in [0.25, 0.3) is 33.1 Å². The van der Waals surface area contributed by atoms with Gasteiger partial charge in [-0.15, -0.1) is 0 Å². The van der Waals surface area contributed by atoms with Crippen molar-refractivity contribution in [2.45, 2.75) is 0 Å². The van der Waals surface area contributed by atoms with Crippen molar-refractivity contribution < 1.29 is 11.3 Å². The van der Waals surface area contributed by atoms with Gasteiger partial charge in [-0.25, -0.2) is 0 Å². The van der Waals surface area contributed by atoms with Gasteiger partial charge in [0, 0.05) is 10.8 Å². The summed E-state index contributed by atoms with van der Waals surface area (Å²) in [7, 11) is 0. The summed E-state index contributed by atoms with van der Waals surface area (Å²) >= 11 is 0. The highest BCUT2D eigenvalue weighted by Gasteiger charge is 2.07. The zero-order chi connectivity index (χ0) is 17.0. The molecule has 0 spiro atoms. The van der Waals surface area contributed by atoms with Gasteiger partial charge in [-0.3, -0.25) is 0 Å². The molecular formula is C18H12O. The minimum Gasteiger partial charge on any atom is -0.456 e. The predicted octanol–water partition coefficient (Wildman–Crippen LogP) is 5.25. The lowest BCUT2D eigenvalue weighted by atomic mass is 10.0. The highest BCUT2D eigenvalue weighted by atomic mass is 16.3. The molecule has 90 valence electrons. The van der Waals surface area contributed by atoms with Crippen molar-refractivity contribution in [3.05, 3.63) is 72.7 Å². The molecule has 0 bridgehead atoms. The summed E-state index contributed by atoms with van der Waals surface area (Å²) in [6, 6.07) is 11.5. The van der Waals surface area contributed by atoms with E-state index < -0.39 is 6.04 Å². The van der Waals surface area contributed by atoms with Crippen LogP contribution in [0.3, 0.4) is 0 Å². The molecule has 0 saturated carbocycles. The van der Waals surface area contributed by atoms with Crippen molar-refractivity contribution in [2.75, 3.05) is 0 Å². The summed E-state index contributed by atoms with van der Waals surface area (Å²) in [6.45, 7) is 0. The molecule has 0 amide bonds. The average Bonchev–Trinajstić information content (AvgIpc) is 2.96. The van der Waals surface area contributed by atoms with Crippen molar-refractivity contribution in [2.24, 2.45) is 0 Å². The zero-order valence-electron chi connectivity index (χ0n) is 14.9. The molecule has 1 nitrogen and oxygen atoms in total. The van der Waals surface area contributed by atoms with Crippen molar-refractivity contribution in [1.29, 1.82) is 0 Å². The standard InChI is InChI=1S/C18H12O/c1-2-6-13(7-3-1)14-10-11-16-15-8-4-5-9-17(15)19-18(16)12-14/h1-12H/i1D,2D,3D,6D,7D. The molecule has 4 aromatic rings. The highest BCUT2D eigenvalue weighted by Crippen LogP contribution is 2.31. The maximum absolute atomic E-state index is 8.09. The molecular weight excluding hydrogens is 232 g/mol. The van der Waals surface area contributed by atoms with E-state index in [2.05, 4.69) is 0 Å². The van der Waals surface area contributed by atoms with E-state index >= 15 is 0 Å². The van der Waals surface area contributed by atoms with E-state index in [4.69, 9.17) is 11.3 Å². The second-order valence-corrected chi connectivity index (χ2v) is 4.31.